The Morgan fingerprint density at radius 1 is 1.12 bits per heavy atom. The Morgan fingerprint density at radius 3 is 2.24 bits per heavy atom. The monoisotopic (exact) mass is 481 g/mol. The third-order valence-electron chi connectivity index (χ3n) is 5.21. The lowest BCUT2D eigenvalue weighted by Gasteiger charge is -2.28. The van der Waals surface area contributed by atoms with Gasteiger partial charge in [-0.2, -0.15) is 18.4 Å². The van der Waals surface area contributed by atoms with Crippen molar-refractivity contribution < 1.29 is 31.5 Å². The summed E-state index contributed by atoms with van der Waals surface area (Å²) in [5, 5.41) is 23.1. The molecular weight excluding hydrogens is 459 g/mol. The lowest BCUT2D eigenvalue weighted by molar-refractivity contribution is -0.160. The van der Waals surface area contributed by atoms with E-state index in [1.165, 1.54) is 0 Å². The van der Waals surface area contributed by atoms with Crippen molar-refractivity contribution in [3.63, 3.8) is 0 Å². The molecule has 7 nitrogen and oxygen atoms in total. The molecule has 0 bridgehead atoms. The molecule has 176 valence electrons. The third-order valence-corrected chi connectivity index (χ3v) is 6.83. The largest absolute Gasteiger partial charge is 0.508 e. The topological polar surface area (TPSA) is 119 Å². The van der Waals surface area contributed by atoms with Crippen molar-refractivity contribution in [1.29, 1.82) is 5.26 Å². The van der Waals surface area contributed by atoms with Crippen molar-refractivity contribution in [3.05, 3.63) is 65.7 Å². The molecule has 2 aromatic carbocycles. The van der Waals surface area contributed by atoms with Gasteiger partial charge in [-0.1, -0.05) is 42.5 Å². The van der Waals surface area contributed by atoms with E-state index in [4.69, 9.17) is 0 Å². The number of hydrogen-bond acceptors (Lipinski definition) is 6. The van der Waals surface area contributed by atoms with Gasteiger partial charge in [0.1, 0.15) is 23.4 Å². The van der Waals surface area contributed by atoms with E-state index in [1.807, 2.05) is 6.07 Å². The van der Waals surface area contributed by atoms with Crippen LogP contribution in [0.4, 0.5) is 13.2 Å². The van der Waals surface area contributed by atoms with Gasteiger partial charge in [-0.25, -0.2) is 8.42 Å². The molecule has 1 aliphatic rings. The molecule has 0 aliphatic heterocycles. The van der Waals surface area contributed by atoms with E-state index in [0.29, 0.717) is 18.4 Å². The zero-order valence-electron chi connectivity index (χ0n) is 17.3. The minimum Gasteiger partial charge on any atom is -0.508 e. The summed E-state index contributed by atoms with van der Waals surface area (Å²) in [5.74, 6) is -2.61. The smallest absolute Gasteiger partial charge is 0.407 e. The lowest BCUT2D eigenvalue weighted by Crippen LogP contribution is -2.54. The molecule has 1 amide bonds. The van der Waals surface area contributed by atoms with Gasteiger partial charge in [-0.3, -0.25) is 10.1 Å². The minimum atomic E-state index is -4.87. The number of sulfone groups is 1. The molecule has 0 radical (unpaired) electrons. The molecule has 3 N–H and O–H groups in total. The van der Waals surface area contributed by atoms with Gasteiger partial charge < -0.3 is 10.4 Å². The van der Waals surface area contributed by atoms with Gasteiger partial charge in [0.05, 0.1) is 17.6 Å². The second-order valence-corrected chi connectivity index (χ2v) is 10.1. The zero-order chi connectivity index (χ0) is 24.3. The second kappa shape index (κ2) is 9.41. The van der Waals surface area contributed by atoms with Crippen LogP contribution in [0.3, 0.4) is 0 Å². The Kier molecular flexibility index (Phi) is 7.00. The summed E-state index contributed by atoms with van der Waals surface area (Å²) in [6.45, 7) is 0. The number of benzene rings is 2. The average Bonchev–Trinajstić information content (AvgIpc) is 3.51. The van der Waals surface area contributed by atoms with Gasteiger partial charge in [0.15, 0.2) is 9.84 Å². The molecule has 11 heteroatoms. The maximum Gasteiger partial charge on any atom is 0.407 e. The van der Waals surface area contributed by atoms with Crippen molar-refractivity contribution in [2.24, 2.45) is 0 Å². The van der Waals surface area contributed by atoms with E-state index in [-0.39, 0.29) is 11.3 Å². The summed E-state index contributed by atoms with van der Waals surface area (Å²) >= 11 is 0. The molecule has 0 aromatic heterocycles. The number of carbonyl (C=O) groups excluding carboxylic acids is 1. The molecule has 1 fully saturated rings. The first-order valence-electron chi connectivity index (χ1n) is 10.0. The number of halogens is 3. The van der Waals surface area contributed by atoms with Crippen molar-refractivity contribution in [1.82, 2.24) is 10.6 Å². The highest BCUT2D eigenvalue weighted by atomic mass is 32.2. The number of carbonyl (C=O) groups is 1. The number of phenols is 1. The van der Waals surface area contributed by atoms with Crippen molar-refractivity contribution in [2.45, 2.75) is 42.4 Å². The SMILES string of the molecule is N#CC1(NC(=O)C(CS(=O)(=O)Cc2ccccc2)N[C@H](c2ccc(O)cc2)C(F)(F)F)CC1. The van der Waals surface area contributed by atoms with Gasteiger partial charge in [0.2, 0.25) is 5.91 Å². The molecule has 1 aliphatic carbocycles. The van der Waals surface area contributed by atoms with Crippen LogP contribution in [-0.2, 0) is 20.4 Å². The van der Waals surface area contributed by atoms with Crippen LogP contribution >= 0.6 is 0 Å². The van der Waals surface area contributed by atoms with Crippen molar-refractivity contribution in [3.8, 4) is 11.8 Å². The molecule has 1 saturated carbocycles. The predicted molar refractivity (Wildman–Crippen MR) is 113 cm³/mol. The molecular formula is C22H22F3N3O4S. The Labute approximate surface area is 189 Å². The van der Waals surface area contributed by atoms with Crippen LogP contribution in [0.15, 0.2) is 54.6 Å². The first kappa shape index (κ1) is 24.5. The highest BCUT2D eigenvalue weighted by molar-refractivity contribution is 7.90. The summed E-state index contributed by atoms with van der Waals surface area (Å²) in [7, 11) is -4.01. The summed E-state index contributed by atoms with van der Waals surface area (Å²) in [5.41, 5.74) is -1.06. The van der Waals surface area contributed by atoms with E-state index in [1.54, 1.807) is 30.3 Å². The third kappa shape index (κ3) is 6.69. The van der Waals surface area contributed by atoms with Gasteiger partial charge >= 0.3 is 6.18 Å². The van der Waals surface area contributed by atoms with E-state index < -0.39 is 51.0 Å². The summed E-state index contributed by atoms with van der Waals surface area (Å²) in [6, 6.07) is 10.0. The Hall–Kier alpha value is -3.10. The number of aromatic hydroxyl groups is 1. The van der Waals surface area contributed by atoms with Gasteiger partial charge in [-0.05, 0) is 36.1 Å². The highest BCUT2D eigenvalue weighted by Gasteiger charge is 2.48. The van der Waals surface area contributed by atoms with Crippen LogP contribution in [0.2, 0.25) is 0 Å². The number of nitrogens with zero attached hydrogens (tertiary/aromatic N) is 1. The molecule has 2 atom stereocenters. The standard InChI is InChI=1S/C22H22F3N3O4S/c23-22(24,25)19(16-6-8-17(29)9-7-16)27-18(20(30)28-21(14-26)10-11-21)13-33(31,32)12-15-4-2-1-3-5-15/h1-9,18-19,27,29H,10-13H2,(H,28,30)/t18?,19-/m1/s1. The second-order valence-electron chi connectivity index (χ2n) is 8.01. The molecule has 1 unspecified atom stereocenters. The summed E-state index contributed by atoms with van der Waals surface area (Å²) < 4.78 is 67.2. The lowest BCUT2D eigenvalue weighted by atomic mass is 10.0. The van der Waals surface area contributed by atoms with Crippen LogP contribution in [0.1, 0.15) is 30.0 Å². The maximum atomic E-state index is 13.9. The van der Waals surface area contributed by atoms with Crippen LogP contribution in [0, 0.1) is 11.3 Å². The number of rotatable bonds is 9. The average molecular weight is 481 g/mol. The Morgan fingerprint density at radius 2 is 1.73 bits per heavy atom. The van der Waals surface area contributed by atoms with Crippen molar-refractivity contribution >= 4 is 15.7 Å². The number of alkyl halides is 3. The van der Waals surface area contributed by atoms with Gasteiger partial charge in [0, 0.05) is 0 Å². The number of phenolic OH excluding ortho intramolecular Hbond substituents is 1. The zero-order valence-corrected chi connectivity index (χ0v) is 18.2. The number of nitrogens with one attached hydrogen (secondary N) is 2. The van der Waals surface area contributed by atoms with Crippen molar-refractivity contribution in [2.75, 3.05) is 5.75 Å². The van der Waals surface area contributed by atoms with Gasteiger partial charge in [-0.15, -0.1) is 0 Å². The molecule has 2 aromatic rings. The molecule has 0 saturated heterocycles. The normalized spacial score (nSPS) is 16.9. The Bertz CT molecular complexity index is 1130. The molecule has 0 spiro atoms. The van der Waals surface area contributed by atoms with Crippen LogP contribution in [-0.4, -0.2) is 42.9 Å². The molecule has 0 heterocycles. The quantitative estimate of drug-likeness (QED) is 0.507. The summed E-state index contributed by atoms with van der Waals surface area (Å²) in [4.78, 5) is 12.8. The van der Waals surface area contributed by atoms with E-state index >= 15 is 0 Å². The Balaban J connectivity index is 1.89. The summed E-state index contributed by atoms with van der Waals surface area (Å²) in [6.07, 6.45) is -4.20. The molecule has 3 rings (SSSR count). The molecule has 33 heavy (non-hydrogen) atoms. The van der Waals surface area contributed by atoms with E-state index in [0.717, 1.165) is 24.3 Å². The van der Waals surface area contributed by atoms with Crippen LogP contribution in [0.25, 0.3) is 0 Å². The fourth-order valence-electron chi connectivity index (χ4n) is 3.30. The first-order valence-corrected chi connectivity index (χ1v) is 11.8. The van der Waals surface area contributed by atoms with Crippen LogP contribution < -0.4 is 10.6 Å². The van der Waals surface area contributed by atoms with E-state index in [9.17, 15) is 36.8 Å². The van der Waals surface area contributed by atoms with E-state index in [2.05, 4.69) is 10.6 Å². The number of nitriles is 1. The highest BCUT2D eigenvalue weighted by Crippen LogP contribution is 2.36. The predicted octanol–water partition coefficient (Wildman–Crippen LogP) is 2.74. The maximum absolute atomic E-state index is 13.9. The fourth-order valence-corrected chi connectivity index (χ4v) is 4.87. The minimum absolute atomic E-state index is 0.246. The number of amides is 1. The van der Waals surface area contributed by atoms with Crippen LogP contribution in [0.5, 0.6) is 5.75 Å². The van der Waals surface area contributed by atoms with Gasteiger partial charge in [0.25, 0.3) is 0 Å². The fraction of sp³-hybridized carbons (Fsp3) is 0.364. The first-order chi connectivity index (χ1) is 15.4. The number of hydrogen-bond donors (Lipinski definition) is 3.